The fraction of sp³-hybridized carbons (Fsp3) is 0.500. The number of benzene rings is 1. The number of aryl methyl sites for hydroxylation is 2. The Kier molecular flexibility index (Phi) is 5.67. The number of rotatable bonds is 6. The lowest BCUT2D eigenvalue weighted by molar-refractivity contribution is 0.339. The van der Waals surface area contributed by atoms with Crippen LogP contribution < -0.4 is 10.6 Å². The molecule has 1 fully saturated rings. The number of nitrogens with zero attached hydrogens (tertiary/aromatic N) is 4. The Labute approximate surface area is 171 Å². The van der Waals surface area contributed by atoms with Crippen molar-refractivity contribution in [3.05, 3.63) is 30.0 Å². The van der Waals surface area contributed by atoms with E-state index in [1.807, 2.05) is 25.1 Å². The van der Waals surface area contributed by atoms with Crippen LogP contribution >= 0.6 is 0 Å². The Morgan fingerprint density at radius 3 is 2.66 bits per heavy atom. The normalized spacial score (nSPS) is 15.3. The maximum atomic E-state index is 10.5. The van der Waals surface area contributed by atoms with Gasteiger partial charge in [0.05, 0.1) is 11.3 Å². The minimum absolute atomic E-state index is 0.233. The molecule has 0 spiro atoms. The van der Waals surface area contributed by atoms with Crippen molar-refractivity contribution >= 4 is 17.1 Å². The first kappa shape index (κ1) is 19.6. The Balaban J connectivity index is 1.79. The molecule has 4 rings (SSSR count). The molecule has 3 N–H and O–H groups in total. The van der Waals surface area contributed by atoms with Crippen molar-refractivity contribution in [1.82, 2.24) is 24.8 Å². The van der Waals surface area contributed by atoms with Crippen molar-refractivity contribution < 1.29 is 5.11 Å². The molecule has 3 aromatic rings. The van der Waals surface area contributed by atoms with Gasteiger partial charge < -0.3 is 20.3 Å². The van der Waals surface area contributed by atoms with Crippen LogP contribution in [0.5, 0.6) is 5.75 Å². The van der Waals surface area contributed by atoms with E-state index < -0.39 is 0 Å². The van der Waals surface area contributed by atoms with Gasteiger partial charge in [0.2, 0.25) is 5.95 Å². The average molecular weight is 395 g/mol. The van der Waals surface area contributed by atoms with Crippen LogP contribution in [0.1, 0.15) is 38.8 Å². The van der Waals surface area contributed by atoms with Crippen molar-refractivity contribution in [3.8, 4) is 17.1 Å². The SMILES string of the molecule is Cc1nc(NC(C)C)nc2c1nc(-c1ccccc1O)n2CCC1CCNCC1. The van der Waals surface area contributed by atoms with Crippen LogP contribution in [0.2, 0.25) is 0 Å². The summed E-state index contributed by atoms with van der Waals surface area (Å²) in [4.78, 5) is 14.3. The molecule has 7 nitrogen and oxygen atoms in total. The maximum absolute atomic E-state index is 10.5. The van der Waals surface area contributed by atoms with E-state index in [0.29, 0.717) is 11.9 Å². The average Bonchev–Trinajstić information content (AvgIpc) is 3.06. The number of para-hydroxylation sites is 1. The molecule has 0 aliphatic carbocycles. The molecular formula is C22H30N6O. The Hall–Kier alpha value is -2.67. The van der Waals surface area contributed by atoms with Gasteiger partial charge in [-0.2, -0.15) is 4.98 Å². The molecule has 0 amide bonds. The van der Waals surface area contributed by atoms with E-state index in [4.69, 9.17) is 9.97 Å². The lowest BCUT2D eigenvalue weighted by Crippen LogP contribution is -2.28. The lowest BCUT2D eigenvalue weighted by atomic mass is 9.95. The third kappa shape index (κ3) is 4.19. The molecule has 154 valence electrons. The Bertz CT molecular complexity index is 990. The second kappa shape index (κ2) is 8.37. The molecule has 3 heterocycles. The van der Waals surface area contributed by atoms with Gasteiger partial charge >= 0.3 is 0 Å². The quantitative estimate of drug-likeness (QED) is 0.591. The van der Waals surface area contributed by atoms with Gasteiger partial charge in [0.25, 0.3) is 0 Å². The van der Waals surface area contributed by atoms with Crippen molar-refractivity contribution in [2.75, 3.05) is 18.4 Å². The summed E-state index contributed by atoms with van der Waals surface area (Å²) in [6.45, 7) is 9.11. The van der Waals surface area contributed by atoms with Crippen LogP contribution in [0, 0.1) is 12.8 Å². The summed E-state index contributed by atoms with van der Waals surface area (Å²) in [5.41, 5.74) is 3.19. The molecule has 1 aliphatic rings. The van der Waals surface area contributed by atoms with Crippen molar-refractivity contribution in [2.45, 2.75) is 52.6 Å². The number of hydrogen-bond acceptors (Lipinski definition) is 6. The molecule has 0 saturated carbocycles. The first-order valence-corrected chi connectivity index (χ1v) is 10.5. The molecule has 0 unspecified atom stereocenters. The zero-order valence-electron chi connectivity index (χ0n) is 17.4. The van der Waals surface area contributed by atoms with Gasteiger partial charge in [-0.15, -0.1) is 0 Å². The van der Waals surface area contributed by atoms with Crippen molar-refractivity contribution in [3.63, 3.8) is 0 Å². The third-order valence-electron chi connectivity index (χ3n) is 5.55. The number of nitrogens with one attached hydrogen (secondary N) is 2. The van der Waals surface area contributed by atoms with Gasteiger partial charge in [-0.05, 0) is 71.2 Å². The fourth-order valence-electron chi connectivity index (χ4n) is 4.02. The first-order valence-electron chi connectivity index (χ1n) is 10.5. The zero-order valence-corrected chi connectivity index (χ0v) is 17.4. The molecule has 0 bridgehead atoms. The summed E-state index contributed by atoms with van der Waals surface area (Å²) < 4.78 is 2.16. The number of anilines is 1. The summed E-state index contributed by atoms with van der Waals surface area (Å²) in [7, 11) is 0. The molecule has 29 heavy (non-hydrogen) atoms. The number of aromatic nitrogens is 4. The number of phenolic OH excluding ortho intramolecular Hbond substituents is 1. The minimum atomic E-state index is 0.233. The second-order valence-electron chi connectivity index (χ2n) is 8.19. The molecule has 0 radical (unpaired) electrons. The molecule has 7 heteroatoms. The van der Waals surface area contributed by atoms with Crippen LogP contribution in [0.3, 0.4) is 0 Å². The van der Waals surface area contributed by atoms with Crippen LogP contribution in [-0.4, -0.2) is 43.8 Å². The largest absolute Gasteiger partial charge is 0.507 e. The highest BCUT2D eigenvalue weighted by atomic mass is 16.3. The zero-order chi connectivity index (χ0) is 20.4. The van der Waals surface area contributed by atoms with E-state index in [2.05, 4.69) is 34.0 Å². The Morgan fingerprint density at radius 1 is 1.17 bits per heavy atom. The van der Waals surface area contributed by atoms with Gasteiger partial charge in [0.15, 0.2) is 5.65 Å². The van der Waals surface area contributed by atoms with Crippen LogP contribution in [-0.2, 0) is 6.54 Å². The van der Waals surface area contributed by atoms with Gasteiger partial charge in [0, 0.05) is 12.6 Å². The van der Waals surface area contributed by atoms with Crippen molar-refractivity contribution in [1.29, 1.82) is 0 Å². The molecule has 1 aromatic carbocycles. The van der Waals surface area contributed by atoms with E-state index in [0.717, 1.165) is 54.3 Å². The van der Waals surface area contributed by atoms with E-state index in [1.165, 1.54) is 12.8 Å². The predicted octanol–water partition coefficient (Wildman–Crippen LogP) is 3.72. The van der Waals surface area contributed by atoms with Gasteiger partial charge in [-0.1, -0.05) is 12.1 Å². The minimum Gasteiger partial charge on any atom is -0.507 e. The summed E-state index contributed by atoms with van der Waals surface area (Å²) >= 11 is 0. The number of phenols is 1. The highest BCUT2D eigenvalue weighted by molar-refractivity contribution is 5.81. The topological polar surface area (TPSA) is 87.9 Å². The number of hydrogen-bond donors (Lipinski definition) is 3. The van der Waals surface area contributed by atoms with E-state index in [9.17, 15) is 5.11 Å². The third-order valence-corrected chi connectivity index (χ3v) is 5.55. The number of imidazole rings is 1. The Morgan fingerprint density at radius 2 is 1.93 bits per heavy atom. The standard InChI is InChI=1S/C22H30N6O/c1-14(2)24-22-25-15(3)19-21(27-22)28(13-10-16-8-11-23-12-9-16)20(26-19)17-6-4-5-7-18(17)29/h4-7,14,16,23,29H,8-13H2,1-3H3,(H,24,25,27). The fourth-order valence-corrected chi connectivity index (χ4v) is 4.02. The lowest BCUT2D eigenvalue weighted by Gasteiger charge is -2.23. The number of piperidine rings is 1. The van der Waals surface area contributed by atoms with Crippen LogP contribution in [0.15, 0.2) is 24.3 Å². The van der Waals surface area contributed by atoms with E-state index in [-0.39, 0.29) is 11.8 Å². The van der Waals surface area contributed by atoms with Crippen LogP contribution in [0.25, 0.3) is 22.6 Å². The van der Waals surface area contributed by atoms with Crippen molar-refractivity contribution in [2.24, 2.45) is 5.92 Å². The molecular weight excluding hydrogens is 364 g/mol. The summed E-state index contributed by atoms with van der Waals surface area (Å²) in [5.74, 6) is 2.31. The highest BCUT2D eigenvalue weighted by Gasteiger charge is 2.21. The van der Waals surface area contributed by atoms with Gasteiger partial charge in [0.1, 0.15) is 17.1 Å². The van der Waals surface area contributed by atoms with E-state index in [1.54, 1.807) is 6.07 Å². The second-order valence-corrected chi connectivity index (χ2v) is 8.19. The monoisotopic (exact) mass is 394 g/mol. The summed E-state index contributed by atoms with van der Waals surface area (Å²) in [6, 6.07) is 7.62. The number of aromatic hydroxyl groups is 1. The molecule has 2 aromatic heterocycles. The summed E-state index contributed by atoms with van der Waals surface area (Å²) in [5, 5.41) is 17.2. The van der Waals surface area contributed by atoms with Gasteiger partial charge in [-0.25, -0.2) is 9.97 Å². The smallest absolute Gasteiger partial charge is 0.225 e. The van der Waals surface area contributed by atoms with E-state index >= 15 is 0 Å². The molecule has 1 saturated heterocycles. The molecule has 1 aliphatic heterocycles. The first-order chi connectivity index (χ1) is 14.0. The highest BCUT2D eigenvalue weighted by Crippen LogP contribution is 2.32. The van der Waals surface area contributed by atoms with Gasteiger partial charge in [-0.3, -0.25) is 0 Å². The summed E-state index contributed by atoms with van der Waals surface area (Å²) in [6.07, 6.45) is 3.48. The van der Waals surface area contributed by atoms with Crippen LogP contribution in [0.4, 0.5) is 5.95 Å². The maximum Gasteiger partial charge on any atom is 0.225 e. The predicted molar refractivity (Wildman–Crippen MR) is 116 cm³/mol. The molecule has 0 atom stereocenters. The number of fused-ring (bicyclic) bond motifs is 1.